The summed E-state index contributed by atoms with van der Waals surface area (Å²) in [5.74, 6) is 0.765. The minimum atomic E-state index is -3.68. The Morgan fingerprint density at radius 1 is 1.06 bits per heavy atom. The second kappa shape index (κ2) is 9.90. The van der Waals surface area contributed by atoms with E-state index in [2.05, 4.69) is 15.0 Å². The summed E-state index contributed by atoms with van der Waals surface area (Å²) in [6, 6.07) is 11.4. The molecule has 2 aromatic carbocycles. The summed E-state index contributed by atoms with van der Waals surface area (Å²) >= 11 is 1.28. The number of carbonyl (C=O) groups is 1. The Bertz CT molecular complexity index is 1250. The van der Waals surface area contributed by atoms with Gasteiger partial charge in [0.1, 0.15) is 0 Å². The number of amides is 1. The molecule has 1 aliphatic rings. The highest BCUT2D eigenvalue weighted by Crippen LogP contribution is 2.33. The fourth-order valence-corrected chi connectivity index (χ4v) is 5.83. The van der Waals surface area contributed by atoms with Crippen molar-refractivity contribution in [2.75, 3.05) is 19.5 Å². The molecule has 1 amide bonds. The molecule has 174 valence electrons. The number of aromatic nitrogens is 1. The number of rotatable bonds is 8. The Morgan fingerprint density at radius 2 is 1.82 bits per heavy atom. The molecule has 1 heterocycles. The summed E-state index contributed by atoms with van der Waals surface area (Å²) < 4.78 is 38.7. The van der Waals surface area contributed by atoms with Gasteiger partial charge in [0, 0.05) is 22.5 Å². The van der Waals surface area contributed by atoms with Gasteiger partial charge >= 0.3 is 0 Å². The average Bonchev–Trinajstić information content (AvgIpc) is 3.50. The van der Waals surface area contributed by atoms with Crippen molar-refractivity contribution >= 4 is 32.4 Å². The van der Waals surface area contributed by atoms with E-state index in [1.165, 1.54) is 23.5 Å². The van der Waals surface area contributed by atoms with Crippen LogP contribution in [0.5, 0.6) is 11.5 Å². The van der Waals surface area contributed by atoms with Crippen LogP contribution in [0.4, 0.5) is 5.13 Å². The maximum absolute atomic E-state index is 12.8. The van der Waals surface area contributed by atoms with E-state index < -0.39 is 15.9 Å². The lowest BCUT2D eigenvalue weighted by atomic mass is 10.1. The zero-order chi connectivity index (χ0) is 23.4. The van der Waals surface area contributed by atoms with Crippen LogP contribution in [0.15, 0.2) is 52.7 Å². The Balaban J connectivity index is 1.48. The molecule has 0 spiro atoms. The van der Waals surface area contributed by atoms with Crippen molar-refractivity contribution in [3.8, 4) is 22.8 Å². The maximum Gasteiger partial charge on any atom is 0.257 e. The van der Waals surface area contributed by atoms with Crippen molar-refractivity contribution in [2.45, 2.75) is 36.6 Å². The number of anilines is 1. The molecular formula is C23H25N3O5S2. The standard InChI is InChI=1S/C23H25N3O5S2/c1-30-20-11-10-15(13-21(20)31-2)19-14-32-23(24-19)25-22(27)16-6-5-9-18(12-16)33(28,29)26-17-7-3-4-8-17/h5-6,9-14,17,26H,3-4,7-8H2,1-2H3,(H,24,25,27). The molecule has 2 N–H and O–H groups in total. The van der Waals surface area contributed by atoms with E-state index in [9.17, 15) is 13.2 Å². The molecule has 4 rings (SSSR count). The van der Waals surface area contributed by atoms with Crippen LogP contribution in [0, 0.1) is 0 Å². The maximum atomic E-state index is 12.8. The molecule has 1 fully saturated rings. The third kappa shape index (κ3) is 5.35. The predicted molar refractivity (Wildman–Crippen MR) is 128 cm³/mol. The van der Waals surface area contributed by atoms with Crippen LogP contribution in [0.3, 0.4) is 0 Å². The number of hydrogen-bond donors (Lipinski definition) is 2. The number of carbonyl (C=O) groups excluding carboxylic acids is 1. The van der Waals surface area contributed by atoms with Crippen molar-refractivity contribution in [2.24, 2.45) is 0 Å². The van der Waals surface area contributed by atoms with E-state index in [-0.39, 0.29) is 16.5 Å². The smallest absolute Gasteiger partial charge is 0.257 e. The monoisotopic (exact) mass is 487 g/mol. The summed E-state index contributed by atoms with van der Waals surface area (Å²) in [5, 5.41) is 4.98. The molecule has 1 aliphatic carbocycles. The lowest BCUT2D eigenvalue weighted by Crippen LogP contribution is -2.32. The van der Waals surface area contributed by atoms with Crippen molar-refractivity contribution in [3.05, 3.63) is 53.4 Å². The molecule has 3 aromatic rings. The molecule has 0 aliphatic heterocycles. The molecule has 10 heteroatoms. The number of nitrogens with zero attached hydrogens (tertiary/aromatic N) is 1. The van der Waals surface area contributed by atoms with Gasteiger partial charge in [-0.2, -0.15) is 0 Å². The van der Waals surface area contributed by atoms with Crippen molar-refractivity contribution in [1.29, 1.82) is 0 Å². The van der Waals surface area contributed by atoms with Crippen LogP contribution in [0.2, 0.25) is 0 Å². The third-order valence-electron chi connectivity index (χ3n) is 5.49. The van der Waals surface area contributed by atoms with Crippen LogP contribution in [-0.4, -0.2) is 39.6 Å². The van der Waals surface area contributed by atoms with Gasteiger partial charge in [-0.15, -0.1) is 11.3 Å². The first-order valence-corrected chi connectivity index (χ1v) is 12.9. The zero-order valence-corrected chi connectivity index (χ0v) is 20.0. The fourth-order valence-electron chi connectivity index (χ4n) is 3.76. The van der Waals surface area contributed by atoms with Crippen LogP contribution < -0.4 is 19.5 Å². The van der Waals surface area contributed by atoms with E-state index in [4.69, 9.17) is 9.47 Å². The first-order chi connectivity index (χ1) is 15.9. The average molecular weight is 488 g/mol. The molecule has 33 heavy (non-hydrogen) atoms. The summed E-state index contributed by atoms with van der Waals surface area (Å²) in [6.07, 6.45) is 3.72. The molecule has 0 radical (unpaired) electrons. The number of ether oxygens (including phenoxy) is 2. The van der Waals surface area contributed by atoms with Gasteiger partial charge in [-0.3, -0.25) is 10.1 Å². The number of thiazole rings is 1. The van der Waals surface area contributed by atoms with E-state index in [1.54, 1.807) is 32.4 Å². The third-order valence-corrected chi connectivity index (χ3v) is 7.76. The van der Waals surface area contributed by atoms with E-state index >= 15 is 0 Å². The number of sulfonamides is 1. The molecule has 0 atom stereocenters. The van der Waals surface area contributed by atoms with Crippen molar-refractivity contribution in [3.63, 3.8) is 0 Å². The van der Waals surface area contributed by atoms with Gasteiger partial charge in [-0.25, -0.2) is 18.1 Å². The molecule has 0 bridgehead atoms. The minimum absolute atomic E-state index is 0.0437. The van der Waals surface area contributed by atoms with E-state index in [0.29, 0.717) is 22.3 Å². The second-order valence-electron chi connectivity index (χ2n) is 7.69. The van der Waals surface area contributed by atoms with Gasteiger partial charge in [0.2, 0.25) is 10.0 Å². The molecule has 8 nitrogen and oxygen atoms in total. The summed E-state index contributed by atoms with van der Waals surface area (Å²) in [4.78, 5) is 17.3. The highest BCUT2D eigenvalue weighted by molar-refractivity contribution is 7.89. The number of methoxy groups -OCH3 is 2. The normalized spacial score (nSPS) is 14.2. The lowest BCUT2D eigenvalue weighted by Gasteiger charge is -2.13. The lowest BCUT2D eigenvalue weighted by molar-refractivity contribution is 0.102. The van der Waals surface area contributed by atoms with Crippen molar-refractivity contribution < 1.29 is 22.7 Å². The highest BCUT2D eigenvalue weighted by Gasteiger charge is 2.23. The van der Waals surface area contributed by atoms with E-state index in [1.807, 2.05) is 17.5 Å². The Morgan fingerprint density at radius 3 is 2.55 bits per heavy atom. The number of nitrogens with one attached hydrogen (secondary N) is 2. The fraction of sp³-hybridized carbons (Fsp3) is 0.304. The van der Waals surface area contributed by atoms with Gasteiger partial charge in [-0.05, 0) is 49.2 Å². The summed E-state index contributed by atoms with van der Waals surface area (Å²) in [5.41, 5.74) is 1.73. The molecule has 1 aromatic heterocycles. The number of benzene rings is 2. The van der Waals surface area contributed by atoms with Crippen molar-refractivity contribution in [1.82, 2.24) is 9.71 Å². The second-order valence-corrected chi connectivity index (χ2v) is 10.3. The quantitative estimate of drug-likeness (QED) is 0.491. The van der Waals surface area contributed by atoms with Crippen LogP contribution in [-0.2, 0) is 10.0 Å². The first-order valence-electron chi connectivity index (χ1n) is 10.5. The Hall–Kier alpha value is -2.95. The number of hydrogen-bond acceptors (Lipinski definition) is 7. The predicted octanol–water partition coefficient (Wildman–Crippen LogP) is 4.30. The van der Waals surface area contributed by atoms with Gasteiger partial charge in [-0.1, -0.05) is 18.9 Å². The van der Waals surface area contributed by atoms with Gasteiger partial charge in [0.05, 0.1) is 24.8 Å². The van der Waals surface area contributed by atoms with E-state index in [0.717, 1.165) is 31.2 Å². The van der Waals surface area contributed by atoms with Crippen LogP contribution >= 0.6 is 11.3 Å². The Kier molecular flexibility index (Phi) is 6.96. The largest absolute Gasteiger partial charge is 0.493 e. The molecule has 0 saturated heterocycles. The zero-order valence-electron chi connectivity index (χ0n) is 18.3. The van der Waals surface area contributed by atoms with Gasteiger partial charge in [0.15, 0.2) is 16.6 Å². The molecule has 1 saturated carbocycles. The van der Waals surface area contributed by atoms with Gasteiger partial charge in [0.25, 0.3) is 5.91 Å². The summed E-state index contributed by atoms with van der Waals surface area (Å²) in [6.45, 7) is 0. The van der Waals surface area contributed by atoms with Crippen LogP contribution in [0.25, 0.3) is 11.3 Å². The minimum Gasteiger partial charge on any atom is -0.493 e. The topological polar surface area (TPSA) is 107 Å². The van der Waals surface area contributed by atoms with Crippen LogP contribution in [0.1, 0.15) is 36.0 Å². The summed E-state index contributed by atoms with van der Waals surface area (Å²) in [7, 11) is -0.552. The SMILES string of the molecule is COc1ccc(-c2csc(NC(=O)c3cccc(S(=O)(=O)NC4CCCC4)c3)n2)cc1OC. The molecular weight excluding hydrogens is 462 g/mol. The highest BCUT2D eigenvalue weighted by atomic mass is 32.2. The first kappa shape index (κ1) is 23.2. The van der Waals surface area contributed by atoms with Gasteiger partial charge < -0.3 is 9.47 Å². The molecule has 0 unspecified atom stereocenters. The Labute approximate surface area is 197 Å².